The van der Waals surface area contributed by atoms with Crippen LogP contribution in [-0.2, 0) is 6.42 Å². The molecule has 0 aromatic heterocycles. The molecule has 2 N–H and O–H groups in total. The van der Waals surface area contributed by atoms with Crippen LogP contribution in [0.5, 0.6) is 0 Å². The summed E-state index contributed by atoms with van der Waals surface area (Å²) in [5, 5.41) is 0. The van der Waals surface area contributed by atoms with Crippen molar-refractivity contribution >= 4 is 5.69 Å². The highest BCUT2D eigenvalue weighted by atomic mass is 19.1. The Labute approximate surface area is 119 Å². The summed E-state index contributed by atoms with van der Waals surface area (Å²) in [6, 6.07) is 15.3. The lowest BCUT2D eigenvalue weighted by Crippen LogP contribution is -2.36. The third kappa shape index (κ3) is 2.41. The average molecular weight is 270 g/mol. The van der Waals surface area contributed by atoms with Crippen molar-refractivity contribution in [1.29, 1.82) is 0 Å². The molecule has 0 amide bonds. The van der Waals surface area contributed by atoms with E-state index in [1.165, 1.54) is 23.4 Å². The molecule has 0 fully saturated rings. The van der Waals surface area contributed by atoms with Crippen molar-refractivity contribution < 1.29 is 4.39 Å². The van der Waals surface area contributed by atoms with Crippen molar-refractivity contribution in [3.05, 3.63) is 65.5 Å². The van der Waals surface area contributed by atoms with Gasteiger partial charge in [0.25, 0.3) is 0 Å². The van der Waals surface area contributed by atoms with Crippen LogP contribution >= 0.6 is 0 Å². The van der Waals surface area contributed by atoms with Crippen LogP contribution in [0.25, 0.3) is 0 Å². The maximum Gasteiger partial charge on any atom is 0.123 e. The van der Waals surface area contributed by atoms with Gasteiger partial charge in [0.15, 0.2) is 0 Å². The molecule has 2 aromatic carbocycles. The largest absolute Gasteiger partial charge is 0.366 e. The maximum atomic E-state index is 13.3. The molecule has 104 valence electrons. The van der Waals surface area contributed by atoms with Gasteiger partial charge in [-0.15, -0.1) is 0 Å². The highest BCUT2D eigenvalue weighted by molar-refractivity contribution is 5.59. The summed E-state index contributed by atoms with van der Waals surface area (Å²) in [7, 11) is 0. The molecule has 1 aliphatic heterocycles. The van der Waals surface area contributed by atoms with Gasteiger partial charge in [-0.25, -0.2) is 4.39 Å². The van der Waals surface area contributed by atoms with Crippen LogP contribution in [0.3, 0.4) is 0 Å². The molecule has 0 bridgehead atoms. The molecule has 0 saturated heterocycles. The smallest absolute Gasteiger partial charge is 0.123 e. The van der Waals surface area contributed by atoms with Crippen LogP contribution in [0.4, 0.5) is 10.1 Å². The second-order valence-corrected chi connectivity index (χ2v) is 5.50. The third-order valence-corrected chi connectivity index (χ3v) is 4.02. The van der Waals surface area contributed by atoms with Crippen LogP contribution in [0, 0.1) is 5.82 Å². The number of anilines is 1. The van der Waals surface area contributed by atoms with E-state index in [9.17, 15) is 4.39 Å². The first kappa shape index (κ1) is 13.1. The van der Waals surface area contributed by atoms with Gasteiger partial charge in [-0.05, 0) is 42.7 Å². The second kappa shape index (κ2) is 5.25. The fraction of sp³-hybridized carbons (Fsp3) is 0.294. The summed E-state index contributed by atoms with van der Waals surface area (Å²) < 4.78 is 13.3. The van der Waals surface area contributed by atoms with Gasteiger partial charge < -0.3 is 10.6 Å². The molecule has 3 rings (SSSR count). The molecule has 2 nitrogen and oxygen atoms in total. The zero-order valence-corrected chi connectivity index (χ0v) is 11.6. The predicted octanol–water partition coefficient (Wildman–Crippen LogP) is 3.28. The van der Waals surface area contributed by atoms with E-state index in [0.717, 1.165) is 12.0 Å². The van der Waals surface area contributed by atoms with Gasteiger partial charge in [-0.2, -0.15) is 0 Å². The zero-order chi connectivity index (χ0) is 14.1. The topological polar surface area (TPSA) is 29.3 Å². The van der Waals surface area contributed by atoms with Crippen molar-refractivity contribution in [2.75, 3.05) is 11.4 Å². The van der Waals surface area contributed by atoms with Gasteiger partial charge in [0.2, 0.25) is 0 Å². The van der Waals surface area contributed by atoms with Gasteiger partial charge in [0.05, 0.1) is 0 Å². The fourth-order valence-electron chi connectivity index (χ4n) is 2.96. The molecule has 1 heterocycles. The first-order valence-corrected chi connectivity index (χ1v) is 7.01. The van der Waals surface area contributed by atoms with Gasteiger partial charge in [0.1, 0.15) is 5.82 Å². The third-order valence-electron chi connectivity index (χ3n) is 4.02. The summed E-state index contributed by atoms with van der Waals surface area (Å²) in [5.41, 5.74) is 9.73. The van der Waals surface area contributed by atoms with Gasteiger partial charge in [0, 0.05) is 24.3 Å². The summed E-state index contributed by atoms with van der Waals surface area (Å²) >= 11 is 0. The predicted molar refractivity (Wildman–Crippen MR) is 80.3 cm³/mol. The van der Waals surface area contributed by atoms with Crippen molar-refractivity contribution in [1.82, 2.24) is 0 Å². The van der Waals surface area contributed by atoms with E-state index in [2.05, 4.69) is 36.1 Å². The Kier molecular flexibility index (Phi) is 3.45. The van der Waals surface area contributed by atoms with Gasteiger partial charge in [-0.3, -0.25) is 0 Å². The molecule has 20 heavy (non-hydrogen) atoms. The van der Waals surface area contributed by atoms with Crippen molar-refractivity contribution in [2.24, 2.45) is 5.73 Å². The summed E-state index contributed by atoms with van der Waals surface area (Å²) in [6.07, 6.45) is 1.05. The Morgan fingerprint density at radius 1 is 1.25 bits per heavy atom. The van der Waals surface area contributed by atoms with Crippen LogP contribution < -0.4 is 10.6 Å². The van der Waals surface area contributed by atoms with E-state index in [-0.39, 0.29) is 11.9 Å². The Hall–Kier alpha value is -1.87. The minimum absolute atomic E-state index is 0.181. The zero-order valence-electron chi connectivity index (χ0n) is 11.6. The highest BCUT2D eigenvalue weighted by Gasteiger charge is 2.26. The second-order valence-electron chi connectivity index (χ2n) is 5.50. The lowest BCUT2D eigenvalue weighted by atomic mass is 10.1. The molecule has 0 spiro atoms. The fourth-order valence-corrected chi connectivity index (χ4v) is 2.96. The molecule has 2 unspecified atom stereocenters. The van der Waals surface area contributed by atoms with Crippen LogP contribution in [0.15, 0.2) is 48.5 Å². The maximum absolute atomic E-state index is 13.3. The first-order valence-electron chi connectivity index (χ1n) is 7.01. The Balaban J connectivity index is 1.81. The SMILES string of the molecule is CC1Cc2ccccc2N1CC(N)c1cccc(F)c1. The minimum Gasteiger partial charge on any atom is -0.366 e. The molecule has 0 saturated carbocycles. The van der Waals surface area contributed by atoms with Crippen molar-refractivity contribution in [3.8, 4) is 0 Å². The standard InChI is InChI=1S/C17H19FN2/c1-12-9-14-5-2-3-8-17(14)20(12)11-16(19)13-6-4-7-15(18)10-13/h2-8,10,12,16H,9,11,19H2,1H3. The molecule has 2 aromatic rings. The van der Waals surface area contributed by atoms with E-state index < -0.39 is 0 Å². The number of fused-ring (bicyclic) bond motifs is 1. The molecule has 3 heteroatoms. The van der Waals surface area contributed by atoms with E-state index in [1.807, 2.05) is 6.07 Å². The van der Waals surface area contributed by atoms with Gasteiger partial charge in [-0.1, -0.05) is 30.3 Å². The quantitative estimate of drug-likeness (QED) is 0.927. The Morgan fingerprint density at radius 3 is 2.85 bits per heavy atom. The number of nitrogens with zero attached hydrogens (tertiary/aromatic N) is 1. The van der Waals surface area contributed by atoms with Gasteiger partial charge >= 0.3 is 0 Å². The Bertz CT molecular complexity index is 611. The lowest BCUT2D eigenvalue weighted by Gasteiger charge is -2.28. The van der Waals surface area contributed by atoms with E-state index >= 15 is 0 Å². The monoisotopic (exact) mass is 270 g/mol. The minimum atomic E-state index is -0.229. The number of hydrogen-bond donors (Lipinski definition) is 1. The number of benzene rings is 2. The summed E-state index contributed by atoms with van der Waals surface area (Å²) in [4.78, 5) is 2.32. The van der Waals surface area contributed by atoms with Crippen LogP contribution in [0.1, 0.15) is 24.1 Å². The van der Waals surface area contributed by atoms with Crippen molar-refractivity contribution in [2.45, 2.75) is 25.4 Å². The van der Waals surface area contributed by atoms with Crippen LogP contribution in [0.2, 0.25) is 0 Å². The molecular formula is C17H19FN2. The summed E-state index contributed by atoms with van der Waals surface area (Å²) in [6.45, 7) is 2.92. The highest BCUT2D eigenvalue weighted by Crippen LogP contribution is 2.32. The molecule has 1 aliphatic rings. The number of para-hydroxylation sites is 1. The van der Waals surface area contributed by atoms with E-state index in [0.29, 0.717) is 12.6 Å². The number of halogens is 1. The number of nitrogens with two attached hydrogens (primary N) is 1. The van der Waals surface area contributed by atoms with E-state index in [4.69, 9.17) is 5.73 Å². The normalized spacial score (nSPS) is 18.9. The average Bonchev–Trinajstić information content (AvgIpc) is 2.75. The summed E-state index contributed by atoms with van der Waals surface area (Å²) in [5.74, 6) is -0.229. The molecule has 0 radical (unpaired) electrons. The molecular weight excluding hydrogens is 251 g/mol. The van der Waals surface area contributed by atoms with Crippen LogP contribution in [-0.4, -0.2) is 12.6 Å². The van der Waals surface area contributed by atoms with Crippen molar-refractivity contribution in [3.63, 3.8) is 0 Å². The first-order chi connectivity index (χ1) is 9.65. The molecule has 2 atom stereocenters. The molecule has 0 aliphatic carbocycles. The Morgan fingerprint density at radius 2 is 2.05 bits per heavy atom. The van der Waals surface area contributed by atoms with E-state index in [1.54, 1.807) is 6.07 Å². The lowest BCUT2D eigenvalue weighted by molar-refractivity contribution is 0.596. The number of hydrogen-bond acceptors (Lipinski definition) is 2. The number of rotatable bonds is 3.